The summed E-state index contributed by atoms with van der Waals surface area (Å²) in [5.41, 5.74) is 1.30. The van der Waals surface area contributed by atoms with Gasteiger partial charge in [0.25, 0.3) is 0 Å². The Kier molecular flexibility index (Phi) is 5.27. The van der Waals surface area contributed by atoms with Gasteiger partial charge in [0.15, 0.2) is 23.2 Å². The topological polar surface area (TPSA) is 115 Å². The van der Waals surface area contributed by atoms with Gasteiger partial charge in [-0.3, -0.25) is 4.57 Å². The summed E-state index contributed by atoms with van der Waals surface area (Å²) in [5.74, 6) is 1.36. The van der Waals surface area contributed by atoms with E-state index in [-0.39, 0.29) is 6.61 Å². The Morgan fingerprint density at radius 2 is 2.07 bits per heavy atom. The number of nitrogens with one attached hydrogen (secondary N) is 1. The van der Waals surface area contributed by atoms with E-state index in [4.69, 9.17) is 9.47 Å². The molecule has 0 radical (unpaired) electrons. The lowest BCUT2D eigenvalue weighted by atomic mass is 9.95. The first-order chi connectivity index (χ1) is 13.1. The number of anilines is 1. The Labute approximate surface area is 157 Å². The van der Waals surface area contributed by atoms with Gasteiger partial charge in [-0.25, -0.2) is 15.0 Å². The van der Waals surface area contributed by atoms with E-state index in [2.05, 4.69) is 20.3 Å². The molecule has 3 N–H and O–H groups in total. The molecule has 4 rings (SSSR count). The van der Waals surface area contributed by atoms with Crippen molar-refractivity contribution in [3.63, 3.8) is 0 Å². The fourth-order valence-electron chi connectivity index (χ4n) is 4.10. The summed E-state index contributed by atoms with van der Waals surface area (Å²) in [4.78, 5) is 13.6. The van der Waals surface area contributed by atoms with Crippen molar-refractivity contribution in [2.75, 3.05) is 19.0 Å². The number of aliphatic hydroxyl groups is 2. The van der Waals surface area contributed by atoms with E-state index < -0.39 is 24.5 Å². The third-order valence-electron chi connectivity index (χ3n) is 5.52. The number of ether oxygens (including phenoxy) is 2. The van der Waals surface area contributed by atoms with Gasteiger partial charge in [0, 0.05) is 13.2 Å². The van der Waals surface area contributed by atoms with E-state index in [0.717, 1.165) is 18.7 Å². The summed E-state index contributed by atoms with van der Waals surface area (Å²) >= 11 is 0. The summed E-state index contributed by atoms with van der Waals surface area (Å²) < 4.78 is 13.0. The Morgan fingerprint density at radius 3 is 2.78 bits per heavy atom. The molecule has 0 bridgehead atoms. The molecule has 1 saturated carbocycles. The minimum Gasteiger partial charge on any atom is -0.394 e. The van der Waals surface area contributed by atoms with Gasteiger partial charge in [-0.1, -0.05) is 19.3 Å². The zero-order valence-electron chi connectivity index (χ0n) is 15.7. The molecule has 2 aromatic rings. The average molecular weight is 377 g/mol. The molecule has 148 valence electrons. The second kappa shape index (κ2) is 7.67. The molecule has 9 nitrogen and oxygen atoms in total. The molecule has 9 heteroatoms. The zero-order chi connectivity index (χ0) is 19.0. The van der Waals surface area contributed by atoms with Gasteiger partial charge in [-0.2, -0.15) is 0 Å². The van der Waals surface area contributed by atoms with Crippen LogP contribution < -0.4 is 5.32 Å². The first-order valence-electron chi connectivity index (χ1n) is 9.57. The Hall–Kier alpha value is -1.81. The van der Waals surface area contributed by atoms with E-state index in [1.807, 2.05) is 6.92 Å². The summed E-state index contributed by atoms with van der Waals surface area (Å²) in [5, 5.41) is 23.3. The minimum absolute atomic E-state index is 0.285. The second-order valence-corrected chi connectivity index (χ2v) is 7.36. The van der Waals surface area contributed by atoms with Gasteiger partial charge in [-0.15, -0.1) is 0 Å². The van der Waals surface area contributed by atoms with E-state index in [9.17, 15) is 10.2 Å². The summed E-state index contributed by atoms with van der Waals surface area (Å²) in [7, 11) is 1.51. The SMILES string of the molecule is CO[C@@H]1[C@H](O)[C@@H](CO)O[C@H]1n1cnc2c(NC3CCCCC3)nc(C)nc21. The third kappa shape index (κ3) is 3.40. The number of aliphatic hydroxyl groups excluding tert-OH is 2. The number of methoxy groups -OCH3 is 1. The summed E-state index contributed by atoms with van der Waals surface area (Å²) in [6, 6.07) is 0.399. The van der Waals surface area contributed by atoms with Crippen LogP contribution in [0.1, 0.15) is 44.2 Å². The monoisotopic (exact) mass is 377 g/mol. The minimum atomic E-state index is -0.926. The highest BCUT2D eigenvalue weighted by atomic mass is 16.6. The molecule has 0 amide bonds. The van der Waals surface area contributed by atoms with Crippen LogP contribution in [0.25, 0.3) is 11.2 Å². The van der Waals surface area contributed by atoms with Gasteiger partial charge in [0.2, 0.25) is 0 Å². The highest BCUT2D eigenvalue weighted by Gasteiger charge is 2.45. The molecule has 4 atom stereocenters. The van der Waals surface area contributed by atoms with Gasteiger partial charge >= 0.3 is 0 Å². The predicted molar refractivity (Wildman–Crippen MR) is 98.4 cm³/mol. The molecule has 27 heavy (non-hydrogen) atoms. The molecule has 2 aliphatic rings. The number of hydrogen-bond donors (Lipinski definition) is 3. The van der Waals surface area contributed by atoms with Gasteiger partial charge < -0.3 is 25.0 Å². The smallest absolute Gasteiger partial charge is 0.167 e. The Bertz CT molecular complexity index is 791. The molecule has 2 fully saturated rings. The van der Waals surface area contributed by atoms with Crippen LogP contribution in [0.4, 0.5) is 5.82 Å². The fourth-order valence-corrected chi connectivity index (χ4v) is 4.10. The third-order valence-corrected chi connectivity index (χ3v) is 5.52. The van der Waals surface area contributed by atoms with E-state index in [1.54, 1.807) is 10.9 Å². The maximum absolute atomic E-state index is 10.3. The standard InChI is InChI=1S/C18H27N5O4/c1-10-20-16(22-11-6-4-3-5-7-11)13-17(21-10)23(9-19-13)18-15(26-2)14(25)12(8-24)27-18/h9,11-12,14-15,18,24-25H,3-8H2,1-2H3,(H,20,21,22)/t12-,14-,15-,18-/m1/s1. The van der Waals surface area contributed by atoms with Gasteiger partial charge in [0.05, 0.1) is 12.9 Å². The summed E-state index contributed by atoms with van der Waals surface area (Å²) in [6.07, 6.45) is 4.76. The fraction of sp³-hybridized carbons (Fsp3) is 0.722. The summed E-state index contributed by atoms with van der Waals surface area (Å²) in [6.45, 7) is 1.56. The zero-order valence-corrected chi connectivity index (χ0v) is 15.7. The Balaban J connectivity index is 1.69. The highest BCUT2D eigenvalue weighted by Crippen LogP contribution is 2.34. The Morgan fingerprint density at radius 1 is 1.30 bits per heavy atom. The van der Waals surface area contributed by atoms with E-state index in [1.165, 1.54) is 26.4 Å². The van der Waals surface area contributed by atoms with E-state index in [0.29, 0.717) is 23.0 Å². The number of imidazole rings is 1. The molecule has 0 spiro atoms. The lowest BCUT2D eigenvalue weighted by Crippen LogP contribution is -2.34. The van der Waals surface area contributed by atoms with Crippen LogP contribution >= 0.6 is 0 Å². The van der Waals surface area contributed by atoms with Crippen molar-refractivity contribution < 1.29 is 19.7 Å². The molecule has 1 saturated heterocycles. The number of rotatable bonds is 5. The van der Waals surface area contributed by atoms with Crippen molar-refractivity contribution in [2.45, 2.75) is 69.6 Å². The first-order valence-corrected chi connectivity index (χ1v) is 9.57. The van der Waals surface area contributed by atoms with Crippen molar-refractivity contribution in [3.05, 3.63) is 12.2 Å². The van der Waals surface area contributed by atoms with Crippen LogP contribution in [0.5, 0.6) is 0 Å². The van der Waals surface area contributed by atoms with Crippen LogP contribution in [0, 0.1) is 6.92 Å². The maximum Gasteiger partial charge on any atom is 0.167 e. The van der Waals surface area contributed by atoms with Crippen molar-refractivity contribution in [1.82, 2.24) is 19.5 Å². The van der Waals surface area contributed by atoms with Crippen LogP contribution in [-0.4, -0.2) is 67.8 Å². The number of hydrogen-bond acceptors (Lipinski definition) is 8. The highest BCUT2D eigenvalue weighted by molar-refractivity contribution is 5.83. The largest absolute Gasteiger partial charge is 0.394 e. The molecule has 2 aromatic heterocycles. The van der Waals surface area contributed by atoms with Gasteiger partial charge in [-0.05, 0) is 19.8 Å². The van der Waals surface area contributed by atoms with Crippen LogP contribution in [0.15, 0.2) is 6.33 Å². The van der Waals surface area contributed by atoms with Gasteiger partial charge in [0.1, 0.15) is 24.1 Å². The van der Waals surface area contributed by atoms with E-state index >= 15 is 0 Å². The first kappa shape index (κ1) is 18.5. The molecule has 1 aliphatic heterocycles. The molecular formula is C18H27N5O4. The van der Waals surface area contributed by atoms with Crippen LogP contribution in [-0.2, 0) is 9.47 Å². The number of fused-ring (bicyclic) bond motifs is 1. The molecular weight excluding hydrogens is 350 g/mol. The average Bonchev–Trinajstić information content (AvgIpc) is 3.22. The maximum atomic E-state index is 10.3. The molecule has 0 unspecified atom stereocenters. The normalized spacial score (nSPS) is 29.5. The molecule has 0 aromatic carbocycles. The quantitative estimate of drug-likeness (QED) is 0.711. The lowest BCUT2D eigenvalue weighted by molar-refractivity contribution is -0.0583. The predicted octanol–water partition coefficient (Wildman–Crippen LogP) is 1.14. The van der Waals surface area contributed by atoms with Crippen molar-refractivity contribution in [2.24, 2.45) is 0 Å². The van der Waals surface area contributed by atoms with Crippen molar-refractivity contribution >= 4 is 17.0 Å². The number of aromatic nitrogens is 4. The molecule has 1 aliphatic carbocycles. The van der Waals surface area contributed by atoms with Crippen molar-refractivity contribution in [3.8, 4) is 0 Å². The molecule has 3 heterocycles. The van der Waals surface area contributed by atoms with Crippen LogP contribution in [0.2, 0.25) is 0 Å². The van der Waals surface area contributed by atoms with Crippen LogP contribution in [0.3, 0.4) is 0 Å². The lowest BCUT2D eigenvalue weighted by Gasteiger charge is -2.23. The number of nitrogens with zero attached hydrogens (tertiary/aromatic N) is 4. The van der Waals surface area contributed by atoms with Crippen molar-refractivity contribution in [1.29, 1.82) is 0 Å². The number of aryl methyl sites for hydroxylation is 1. The second-order valence-electron chi connectivity index (χ2n) is 7.36.